The van der Waals surface area contributed by atoms with Gasteiger partial charge in [-0.05, 0) is 56.2 Å². The Hall–Kier alpha value is -4.33. The van der Waals surface area contributed by atoms with Crippen molar-refractivity contribution in [3.63, 3.8) is 0 Å². The highest BCUT2D eigenvalue weighted by Gasteiger charge is 2.46. The molecule has 1 aromatic carbocycles. The minimum absolute atomic E-state index is 0.0223. The summed E-state index contributed by atoms with van der Waals surface area (Å²) in [5, 5.41) is 14.8. The highest BCUT2D eigenvalue weighted by molar-refractivity contribution is 5.92. The molecular weight excluding hydrogens is 642 g/mol. The van der Waals surface area contributed by atoms with Crippen LogP contribution in [0.3, 0.4) is 0 Å². The standard InChI is InChI=1S/C35H41F4N7O3/c1-22(2)46-29(10-13-40-46)33(48)44-32(25-8-11-34(36,37)12-9-25)27-19-45-30(42-27)15-26(18-41-45)28(21-49-20-23-6-4-3-5-7-23)43-31(47)14-24-16-35(38,39)17-24/h3-7,10,13,15,18-19,22,24-25,28,32H,8-9,11-12,14,16-17,20-21H2,1-2H3,(H,43,47)(H,44,48)/t28-,32-/m0/s1. The molecule has 0 spiro atoms. The number of nitrogens with zero attached hydrogens (tertiary/aromatic N) is 5. The van der Waals surface area contributed by atoms with E-state index in [9.17, 15) is 27.2 Å². The summed E-state index contributed by atoms with van der Waals surface area (Å²) in [6.45, 7) is 4.20. The molecule has 2 aliphatic rings. The van der Waals surface area contributed by atoms with Gasteiger partial charge in [0.05, 0.1) is 43.4 Å². The van der Waals surface area contributed by atoms with Gasteiger partial charge >= 0.3 is 0 Å². The molecule has 2 saturated carbocycles. The second-order valence-electron chi connectivity index (χ2n) is 13.6. The van der Waals surface area contributed by atoms with Gasteiger partial charge in [0.2, 0.25) is 17.8 Å². The zero-order valence-corrected chi connectivity index (χ0v) is 27.5. The van der Waals surface area contributed by atoms with Gasteiger partial charge in [0.1, 0.15) is 5.69 Å². The van der Waals surface area contributed by atoms with Crippen LogP contribution in [-0.2, 0) is 16.1 Å². The summed E-state index contributed by atoms with van der Waals surface area (Å²) < 4.78 is 64.3. The van der Waals surface area contributed by atoms with Crippen molar-refractivity contribution in [2.24, 2.45) is 11.8 Å². The Kier molecular flexibility index (Phi) is 10.0. The first kappa shape index (κ1) is 34.5. The molecule has 6 rings (SSSR count). The molecule has 262 valence electrons. The number of fused-ring (bicyclic) bond motifs is 1. The summed E-state index contributed by atoms with van der Waals surface area (Å²) in [5.41, 5.74) is 2.77. The molecule has 2 aliphatic carbocycles. The van der Waals surface area contributed by atoms with Gasteiger partial charge in [-0.2, -0.15) is 10.2 Å². The smallest absolute Gasteiger partial charge is 0.270 e. The van der Waals surface area contributed by atoms with Crippen LogP contribution in [0.25, 0.3) is 5.65 Å². The second kappa shape index (κ2) is 14.3. The lowest BCUT2D eigenvalue weighted by molar-refractivity contribution is -0.134. The number of amides is 2. The molecule has 2 atom stereocenters. The van der Waals surface area contributed by atoms with E-state index in [4.69, 9.17) is 9.72 Å². The van der Waals surface area contributed by atoms with Crippen molar-refractivity contribution in [1.82, 2.24) is 35.0 Å². The molecule has 0 unspecified atom stereocenters. The van der Waals surface area contributed by atoms with Gasteiger partial charge in [0, 0.05) is 49.9 Å². The minimum atomic E-state index is -2.75. The molecule has 2 fully saturated rings. The van der Waals surface area contributed by atoms with E-state index in [1.165, 1.54) is 4.52 Å². The predicted molar refractivity (Wildman–Crippen MR) is 172 cm³/mol. The number of benzene rings is 1. The zero-order chi connectivity index (χ0) is 34.8. The molecule has 0 bridgehead atoms. The van der Waals surface area contributed by atoms with Crippen molar-refractivity contribution in [1.29, 1.82) is 0 Å². The number of carbonyl (C=O) groups is 2. The van der Waals surface area contributed by atoms with Gasteiger partial charge in [-0.3, -0.25) is 14.3 Å². The first-order chi connectivity index (χ1) is 23.4. The van der Waals surface area contributed by atoms with E-state index < -0.39 is 23.9 Å². The Morgan fingerprint density at radius 2 is 1.73 bits per heavy atom. The highest BCUT2D eigenvalue weighted by Crippen LogP contribution is 2.44. The summed E-state index contributed by atoms with van der Waals surface area (Å²) in [5.74, 6) is -6.90. The van der Waals surface area contributed by atoms with Crippen molar-refractivity contribution >= 4 is 17.5 Å². The van der Waals surface area contributed by atoms with Gasteiger partial charge in [-0.15, -0.1) is 0 Å². The van der Waals surface area contributed by atoms with Crippen LogP contribution in [0.1, 0.15) is 104 Å². The zero-order valence-electron chi connectivity index (χ0n) is 27.5. The molecule has 0 saturated heterocycles. The SMILES string of the molecule is CC(C)n1nccc1C(=O)N[C@H](c1cn2ncc([C@H](COCc3ccccc3)NC(=O)CC3CC(F)(F)C3)cc2n1)C1CCC(F)(F)CC1. The van der Waals surface area contributed by atoms with Crippen molar-refractivity contribution in [3.05, 3.63) is 83.6 Å². The van der Waals surface area contributed by atoms with Crippen LogP contribution in [-0.4, -0.2) is 54.6 Å². The minimum Gasteiger partial charge on any atom is -0.374 e. The van der Waals surface area contributed by atoms with Gasteiger partial charge in [-0.1, -0.05) is 30.3 Å². The molecule has 14 heteroatoms. The third-order valence-electron chi connectivity index (χ3n) is 9.37. The fourth-order valence-corrected chi connectivity index (χ4v) is 6.73. The summed E-state index contributed by atoms with van der Waals surface area (Å²) >= 11 is 0. The molecule has 10 nitrogen and oxygen atoms in total. The predicted octanol–water partition coefficient (Wildman–Crippen LogP) is 6.61. The van der Waals surface area contributed by atoms with E-state index in [1.54, 1.807) is 35.4 Å². The lowest BCUT2D eigenvalue weighted by atomic mass is 9.79. The number of hydrogen-bond donors (Lipinski definition) is 2. The number of ether oxygens (including phenoxy) is 1. The molecule has 4 aromatic rings. The maximum absolute atomic E-state index is 14.2. The van der Waals surface area contributed by atoms with E-state index in [1.807, 2.05) is 44.2 Å². The third kappa shape index (κ3) is 8.46. The first-order valence-electron chi connectivity index (χ1n) is 16.7. The molecule has 2 amide bonds. The number of halogens is 4. The Bertz CT molecular complexity index is 1740. The van der Waals surface area contributed by atoms with Crippen LogP contribution in [0.5, 0.6) is 0 Å². The van der Waals surface area contributed by atoms with Gasteiger partial charge in [0.15, 0.2) is 5.65 Å². The average molecular weight is 684 g/mol. The highest BCUT2D eigenvalue weighted by atomic mass is 19.3. The molecular formula is C35H41F4N7O3. The fraction of sp³-hybridized carbons (Fsp3) is 0.514. The number of rotatable bonds is 13. The monoisotopic (exact) mass is 683 g/mol. The van der Waals surface area contributed by atoms with E-state index >= 15 is 0 Å². The Labute approximate surface area is 281 Å². The lowest BCUT2D eigenvalue weighted by Crippen LogP contribution is -2.40. The largest absolute Gasteiger partial charge is 0.374 e. The normalized spacial score (nSPS) is 19.0. The van der Waals surface area contributed by atoms with Crippen molar-refractivity contribution in [2.45, 2.75) is 95.4 Å². The molecule has 3 aromatic heterocycles. The number of hydrogen-bond acceptors (Lipinski definition) is 6. The van der Waals surface area contributed by atoms with E-state index in [2.05, 4.69) is 20.8 Å². The Balaban J connectivity index is 1.24. The van der Waals surface area contributed by atoms with Crippen molar-refractivity contribution in [3.8, 4) is 0 Å². The average Bonchev–Trinajstić information content (AvgIpc) is 3.71. The first-order valence-corrected chi connectivity index (χ1v) is 16.7. The third-order valence-corrected chi connectivity index (χ3v) is 9.37. The van der Waals surface area contributed by atoms with Gasteiger partial charge < -0.3 is 15.4 Å². The van der Waals surface area contributed by atoms with Crippen LogP contribution in [0.2, 0.25) is 0 Å². The maximum atomic E-state index is 14.2. The number of imidazole rings is 1. The fourth-order valence-electron chi connectivity index (χ4n) is 6.73. The second-order valence-corrected chi connectivity index (χ2v) is 13.6. The lowest BCUT2D eigenvalue weighted by Gasteiger charge is -2.34. The maximum Gasteiger partial charge on any atom is 0.270 e. The van der Waals surface area contributed by atoms with E-state index in [0.717, 1.165) is 5.56 Å². The number of alkyl halides is 4. The van der Waals surface area contributed by atoms with Crippen molar-refractivity contribution < 1.29 is 31.9 Å². The summed E-state index contributed by atoms with van der Waals surface area (Å²) in [4.78, 5) is 31.3. The number of aromatic nitrogens is 5. The Morgan fingerprint density at radius 1 is 1.00 bits per heavy atom. The van der Waals surface area contributed by atoms with Gasteiger partial charge in [0.25, 0.3) is 5.91 Å². The summed E-state index contributed by atoms with van der Waals surface area (Å²) in [6.07, 6.45) is 3.98. The van der Waals surface area contributed by atoms with Gasteiger partial charge in [-0.25, -0.2) is 27.1 Å². The Morgan fingerprint density at radius 3 is 2.43 bits per heavy atom. The summed E-state index contributed by atoms with van der Waals surface area (Å²) in [6, 6.07) is 11.5. The van der Waals surface area contributed by atoms with Crippen LogP contribution in [0.15, 0.2) is 61.1 Å². The van der Waals surface area contributed by atoms with E-state index in [-0.39, 0.29) is 81.2 Å². The van der Waals surface area contributed by atoms with Crippen LogP contribution in [0, 0.1) is 11.8 Å². The molecule has 2 N–H and O–H groups in total. The molecule has 0 aliphatic heterocycles. The molecule has 0 radical (unpaired) electrons. The topological polar surface area (TPSA) is 115 Å². The quantitative estimate of drug-likeness (QED) is 0.153. The van der Waals surface area contributed by atoms with Crippen molar-refractivity contribution in [2.75, 3.05) is 6.61 Å². The number of carbonyl (C=O) groups excluding carboxylic acids is 2. The number of nitrogens with one attached hydrogen (secondary N) is 2. The summed E-state index contributed by atoms with van der Waals surface area (Å²) in [7, 11) is 0. The van der Waals surface area contributed by atoms with Crippen LogP contribution >= 0.6 is 0 Å². The van der Waals surface area contributed by atoms with Crippen LogP contribution < -0.4 is 10.6 Å². The van der Waals surface area contributed by atoms with Crippen LogP contribution in [0.4, 0.5) is 17.6 Å². The molecule has 3 heterocycles. The molecule has 49 heavy (non-hydrogen) atoms. The van der Waals surface area contributed by atoms with E-state index in [0.29, 0.717) is 29.2 Å².